The van der Waals surface area contributed by atoms with Gasteiger partial charge in [0, 0.05) is 51.4 Å². The smallest absolute Gasteiger partial charge is 0.329 e. The topological polar surface area (TPSA) is 214 Å². The summed E-state index contributed by atoms with van der Waals surface area (Å²) in [6, 6.07) is -1.16. The van der Waals surface area contributed by atoms with Crippen molar-refractivity contribution < 1.29 is 72.5 Å². The number of ether oxygens (including phenoxy) is 7. The Kier molecular flexibility index (Phi) is 22.8. The minimum atomic E-state index is -2.47. The summed E-state index contributed by atoms with van der Waals surface area (Å²) < 4.78 is 41.2. The monoisotopic (exact) mass is 1000 g/mol. The van der Waals surface area contributed by atoms with Gasteiger partial charge in [-0.15, -0.1) is 0 Å². The van der Waals surface area contributed by atoms with Crippen LogP contribution in [0.3, 0.4) is 0 Å². The molecule has 1 unspecified atom stereocenters. The van der Waals surface area contributed by atoms with E-state index in [-0.39, 0.29) is 73.9 Å². The first-order valence-electron chi connectivity index (χ1n) is 26.2. The number of rotatable bonds is 10. The van der Waals surface area contributed by atoms with Crippen LogP contribution in [0.25, 0.3) is 0 Å². The van der Waals surface area contributed by atoms with Crippen LogP contribution < -0.4 is 0 Å². The number of hydrogen-bond acceptors (Lipinski definition) is 15. The number of aliphatic hydroxyl groups is 3. The molecule has 0 aromatic carbocycles. The van der Waals surface area contributed by atoms with Gasteiger partial charge in [-0.2, -0.15) is 0 Å². The first-order chi connectivity index (χ1) is 33.8. The molecule has 4 heterocycles. The number of cyclic esters (lactones) is 1. The molecule has 3 saturated heterocycles. The normalized spacial score (nSPS) is 36.9. The third-order valence-electron chi connectivity index (χ3n) is 15.6. The molecule has 71 heavy (non-hydrogen) atoms. The van der Waals surface area contributed by atoms with Crippen LogP contribution in [0.4, 0.5) is 0 Å². The Morgan fingerprint density at radius 1 is 0.845 bits per heavy atom. The molecule has 16 heteroatoms. The van der Waals surface area contributed by atoms with Crippen molar-refractivity contribution in [3.63, 3.8) is 0 Å². The number of methoxy groups -OCH3 is 2. The van der Waals surface area contributed by atoms with Crippen molar-refractivity contribution >= 4 is 29.2 Å². The molecule has 1 amide bonds. The molecule has 4 aliphatic heterocycles. The quantitative estimate of drug-likeness (QED) is 0.0996. The highest BCUT2D eigenvalue weighted by Crippen LogP contribution is 2.38. The zero-order valence-electron chi connectivity index (χ0n) is 43.8. The number of allylic oxidation sites excluding steroid dienone is 6. The third-order valence-corrected chi connectivity index (χ3v) is 15.6. The van der Waals surface area contributed by atoms with Gasteiger partial charge in [0.25, 0.3) is 11.7 Å². The Hall–Kier alpha value is -3.45. The molecule has 5 rings (SSSR count). The van der Waals surface area contributed by atoms with Gasteiger partial charge in [0.1, 0.15) is 36.2 Å². The van der Waals surface area contributed by atoms with E-state index in [2.05, 4.69) is 0 Å². The van der Waals surface area contributed by atoms with Crippen LogP contribution >= 0.6 is 0 Å². The van der Waals surface area contributed by atoms with Gasteiger partial charge in [-0.05, 0) is 107 Å². The van der Waals surface area contributed by atoms with E-state index in [9.17, 15) is 39.3 Å². The minimum absolute atomic E-state index is 0.00344. The number of Topliss-reactive ketones (excluding diaryl/α,β-unsaturated/α-hetero) is 3. The summed E-state index contributed by atoms with van der Waals surface area (Å²) in [6.45, 7) is 14.4. The number of hydrogen-bond donors (Lipinski definition) is 3. The molecule has 3 N–H and O–H groups in total. The highest BCUT2D eigenvalue weighted by molar-refractivity contribution is 6.39. The largest absolute Gasteiger partial charge is 0.460 e. The Morgan fingerprint density at radius 2 is 1.58 bits per heavy atom. The van der Waals surface area contributed by atoms with Crippen LogP contribution in [0.15, 0.2) is 47.6 Å². The summed E-state index contributed by atoms with van der Waals surface area (Å²) in [6.07, 6.45) is 10.8. The molecule has 5 aliphatic rings. The number of piperidine rings is 1. The average molecular weight is 1000 g/mol. The van der Waals surface area contributed by atoms with Gasteiger partial charge in [0.05, 0.1) is 50.8 Å². The summed E-state index contributed by atoms with van der Waals surface area (Å²) in [7, 11) is 2.94. The van der Waals surface area contributed by atoms with Crippen LogP contribution in [0, 0.1) is 35.5 Å². The third kappa shape index (κ3) is 16.0. The van der Waals surface area contributed by atoms with E-state index >= 15 is 0 Å². The molecular weight excluding hydrogens is 915 g/mol. The zero-order valence-corrected chi connectivity index (χ0v) is 43.8. The van der Waals surface area contributed by atoms with Gasteiger partial charge in [-0.25, -0.2) is 4.79 Å². The molecule has 15 atom stereocenters. The Bertz CT molecular complexity index is 1910. The Morgan fingerprint density at radius 3 is 2.27 bits per heavy atom. The lowest BCUT2D eigenvalue weighted by molar-refractivity contribution is -0.266. The highest BCUT2D eigenvalue weighted by atomic mass is 16.6. The Balaban J connectivity index is 1.46. The Labute approximate surface area is 421 Å². The maximum atomic E-state index is 14.5. The summed E-state index contributed by atoms with van der Waals surface area (Å²) in [5.41, 5.74) is 1.24. The van der Waals surface area contributed by atoms with Gasteiger partial charge in [-0.3, -0.25) is 19.2 Å². The lowest BCUT2D eigenvalue weighted by atomic mass is 9.78. The predicted octanol–water partition coefficient (Wildman–Crippen LogP) is 5.97. The number of carbonyl (C=O) groups excluding carboxylic acids is 5. The number of ketones is 3. The second kappa shape index (κ2) is 27.7. The van der Waals surface area contributed by atoms with E-state index in [1.807, 2.05) is 58.1 Å². The summed E-state index contributed by atoms with van der Waals surface area (Å²) in [5.74, 6) is -8.15. The molecule has 2 bridgehead atoms. The number of nitrogens with zero attached hydrogens (tertiary/aromatic N) is 1. The second-order valence-corrected chi connectivity index (χ2v) is 21.3. The van der Waals surface area contributed by atoms with E-state index in [0.717, 1.165) is 5.57 Å². The van der Waals surface area contributed by atoms with Crippen molar-refractivity contribution in [1.29, 1.82) is 0 Å². The van der Waals surface area contributed by atoms with E-state index in [1.165, 1.54) is 12.0 Å². The number of fused-ring (bicyclic) bond motifs is 3. The van der Waals surface area contributed by atoms with Crippen molar-refractivity contribution in [2.75, 3.05) is 47.2 Å². The number of amides is 1. The van der Waals surface area contributed by atoms with Crippen LogP contribution in [-0.4, -0.2) is 157 Å². The van der Waals surface area contributed by atoms with Gasteiger partial charge in [0.15, 0.2) is 5.78 Å². The fourth-order valence-electron chi connectivity index (χ4n) is 10.7. The number of carbonyl (C=O) groups is 5. The summed E-state index contributed by atoms with van der Waals surface area (Å²) in [4.78, 5) is 72.5. The molecule has 400 valence electrons. The molecule has 4 fully saturated rings. The highest BCUT2D eigenvalue weighted by Gasteiger charge is 2.53. The molecule has 0 spiro atoms. The molecule has 0 radical (unpaired) electrons. The van der Waals surface area contributed by atoms with E-state index in [1.54, 1.807) is 34.0 Å². The SMILES string of the molecule is CO[C@@H]1C[C@H](C[C@@H](C)[C@@H]2CC(=O)[C@H](C)C=C(C)[C@@H](O)[C@@H](OC)C(=O)[C@H](C)C[C@H](C)C=CC=CC=C(C)C(OCCOC3COC3)C[C@@H]3CC[C@@H](C)[C@@](O)(O3)C(=O)C(=O)N3CCCC[C@H]3C(=O)O2)CC[C@H]1O. The minimum Gasteiger partial charge on any atom is -0.460 e. The first-order valence-corrected chi connectivity index (χ1v) is 26.2. The fraction of sp³-hybridized carbons (Fsp3) is 0.764. The van der Waals surface area contributed by atoms with Crippen molar-refractivity contribution in [3.8, 4) is 0 Å². The van der Waals surface area contributed by atoms with Crippen molar-refractivity contribution in [2.24, 2.45) is 35.5 Å². The van der Waals surface area contributed by atoms with E-state index in [0.29, 0.717) is 83.2 Å². The zero-order chi connectivity index (χ0) is 52.0. The standard InChI is InChI=1S/C55H85NO15/c1-33-15-11-10-12-16-34(2)46(69-24-23-68-42-31-67-32-42)29-41-20-18-39(7)55(64,71-41)52(61)53(62)56-22-14-13-17-43(56)54(63)70-47(36(4)27-40-19-21-44(57)48(28-40)65-8)30-45(58)35(3)26-38(6)50(60)51(66-9)49(59)37(5)25-33/h10-12,15-16,26,33,35-37,39-44,46-48,50-51,57,60,64H,13-14,17-25,27-32H2,1-9H3/t33-,35-,36-,37-,39-,40+,41+,43+,44-,46?,47+,48-,50-,51+,55-/m1/s1. The molecule has 1 saturated carbocycles. The molecular formula is C55H85NO15. The molecule has 0 aromatic rings. The van der Waals surface area contributed by atoms with Crippen LogP contribution in [0.5, 0.6) is 0 Å². The van der Waals surface area contributed by atoms with Gasteiger partial charge in [-0.1, -0.05) is 71.1 Å². The maximum absolute atomic E-state index is 14.5. The first kappa shape index (κ1) is 58.4. The molecule has 1 aliphatic carbocycles. The average Bonchev–Trinajstić information content (AvgIpc) is 3.33. The van der Waals surface area contributed by atoms with Gasteiger partial charge >= 0.3 is 5.97 Å². The van der Waals surface area contributed by atoms with Gasteiger partial charge in [0.2, 0.25) is 5.79 Å². The predicted molar refractivity (Wildman–Crippen MR) is 265 cm³/mol. The number of esters is 1. The lowest BCUT2D eigenvalue weighted by Gasteiger charge is -2.43. The summed E-state index contributed by atoms with van der Waals surface area (Å²) in [5, 5.41) is 34.2. The maximum Gasteiger partial charge on any atom is 0.329 e. The van der Waals surface area contributed by atoms with Crippen molar-refractivity contribution in [1.82, 2.24) is 4.90 Å². The second-order valence-electron chi connectivity index (χ2n) is 21.3. The van der Waals surface area contributed by atoms with E-state index < -0.39 is 83.9 Å². The lowest BCUT2D eigenvalue weighted by Crippen LogP contribution is -2.61. The molecule has 0 aromatic heterocycles. The van der Waals surface area contributed by atoms with Crippen LogP contribution in [0.2, 0.25) is 0 Å². The van der Waals surface area contributed by atoms with Gasteiger partial charge < -0.3 is 53.4 Å². The van der Waals surface area contributed by atoms with E-state index in [4.69, 9.17) is 33.2 Å². The molecule has 16 nitrogen and oxygen atoms in total. The van der Waals surface area contributed by atoms with Crippen LogP contribution in [0.1, 0.15) is 126 Å². The van der Waals surface area contributed by atoms with Crippen LogP contribution in [-0.2, 0) is 57.1 Å². The number of aliphatic hydroxyl groups excluding tert-OH is 2. The fourth-order valence-corrected chi connectivity index (χ4v) is 10.7. The van der Waals surface area contributed by atoms with Crippen molar-refractivity contribution in [3.05, 3.63) is 47.6 Å². The summed E-state index contributed by atoms with van der Waals surface area (Å²) >= 11 is 0. The van der Waals surface area contributed by atoms with Crippen molar-refractivity contribution in [2.45, 2.75) is 186 Å².